The lowest BCUT2D eigenvalue weighted by molar-refractivity contribution is -0.122. The van der Waals surface area contributed by atoms with Gasteiger partial charge in [-0.3, -0.25) is 9.59 Å². The van der Waals surface area contributed by atoms with Gasteiger partial charge in [0.05, 0.1) is 19.2 Å². The van der Waals surface area contributed by atoms with E-state index in [1.54, 1.807) is 0 Å². The first-order chi connectivity index (χ1) is 27.4. The van der Waals surface area contributed by atoms with E-state index in [1.807, 2.05) is 84.9 Å². The molecule has 0 aliphatic heterocycles. The Morgan fingerprint density at radius 3 is 1.55 bits per heavy atom. The average Bonchev–Trinajstić information content (AvgIpc) is 3.56. The normalized spacial score (nSPS) is 12.4. The lowest BCUT2D eigenvalue weighted by Crippen LogP contribution is -2.40. The number of carbonyl (C=O) groups is 2. The quantitative estimate of drug-likeness (QED) is 0.0746. The molecule has 6 aromatic carbocycles. The minimum absolute atomic E-state index is 0.0381. The second kappa shape index (κ2) is 19.4. The molecule has 0 radical (unpaired) electrons. The Morgan fingerprint density at radius 2 is 1.09 bits per heavy atom. The van der Waals surface area contributed by atoms with Gasteiger partial charge in [-0.05, 0) is 57.3 Å². The third-order valence-corrected chi connectivity index (χ3v) is 10.1. The van der Waals surface area contributed by atoms with Gasteiger partial charge in [-0.1, -0.05) is 176 Å². The largest absolute Gasteiger partial charge is 0.401 e. The van der Waals surface area contributed by atoms with Crippen molar-refractivity contribution >= 4 is 11.8 Å². The molecule has 0 fully saturated rings. The second-order valence-corrected chi connectivity index (χ2v) is 13.9. The summed E-state index contributed by atoms with van der Waals surface area (Å²) in [5.41, 5.74) is 20.1. The van der Waals surface area contributed by atoms with E-state index in [2.05, 4.69) is 102 Å². The van der Waals surface area contributed by atoms with Crippen LogP contribution in [0.25, 0.3) is 11.1 Å². The fraction of sp³-hybridized carbons (Fsp3) is 0.184. The molecular formula is C49H50N4O3. The van der Waals surface area contributed by atoms with Crippen molar-refractivity contribution in [2.24, 2.45) is 11.5 Å². The lowest BCUT2D eigenvalue weighted by Gasteiger charge is -2.36. The summed E-state index contributed by atoms with van der Waals surface area (Å²) in [5, 5.41) is 6.08. The zero-order valence-corrected chi connectivity index (χ0v) is 31.6. The highest BCUT2D eigenvalue weighted by molar-refractivity contribution is 5.80. The molecule has 7 rings (SSSR count). The molecule has 0 spiro atoms. The van der Waals surface area contributed by atoms with E-state index in [0.29, 0.717) is 31.7 Å². The van der Waals surface area contributed by atoms with Crippen LogP contribution in [0.1, 0.15) is 58.6 Å². The summed E-state index contributed by atoms with van der Waals surface area (Å²) in [5.74, 6) is -0.172. The highest BCUT2D eigenvalue weighted by atomic mass is 16.5. The van der Waals surface area contributed by atoms with Gasteiger partial charge in [0.1, 0.15) is 5.60 Å². The van der Waals surface area contributed by atoms with Gasteiger partial charge in [-0.15, -0.1) is 0 Å². The van der Waals surface area contributed by atoms with E-state index < -0.39 is 11.6 Å². The van der Waals surface area contributed by atoms with Crippen molar-refractivity contribution in [2.75, 3.05) is 13.2 Å². The van der Waals surface area contributed by atoms with Gasteiger partial charge in [0.15, 0.2) is 0 Å². The van der Waals surface area contributed by atoms with Gasteiger partial charge < -0.3 is 26.8 Å². The molecule has 1 unspecified atom stereocenters. The van der Waals surface area contributed by atoms with Gasteiger partial charge in [-0.2, -0.15) is 0 Å². The van der Waals surface area contributed by atoms with Crippen LogP contribution >= 0.6 is 0 Å². The summed E-state index contributed by atoms with van der Waals surface area (Å²) in [4.78, 5) is 23.7. The maximum atomic E-state index is 13.3. The smallest absolute Gasteiger partial charge is 0.231 e. The number of nitrogens with one attached hydrogen (secondary N) is 2. The fourth-order valence-corrected chi connectivity index (χ4v) is 7.49. The minimum Gasteiger partial charge on any atom is -0.401 e. The summed E-state index contributed by atoms with van der Waals surface area (Å²) in [6.45, 7) is 5.27. The number of rotatable bonds is 16. The van der Waals surface area contributed by atoms with Gasteiger partial charge in [-0.25, -0.2) is 0 Å². The monoisotopic (exact) mass is 742 g/mol. The highest BCUT2D eigenvalue weighted by Gasteiger charge is 2.37. The number of nitrogens with two attached hydrogens (primary N) is 2. The Morgan fingerprint density at radius 1 is 0.643 bits per heavy atom. The molecule has 1 atom stereocenters. The van der Waals surface area contributed by atoms with E-state index in [1.165, 1.54) is 22.3 Å². The molecule has 1 aliphatic carbocycles. The van der Waals surface area contributed by atoms with Crippen molar-refractivity contribution in [1.29, 1.82) is 0 Å². The third-order valence-electron chi connectivity index (χ3n) is 10.1. The van der Waals surface area contributed by atoms with Crippen molar-refractivity contribution in [3.8, 4) is 11.1 Å². The Bertz CT molecular complexity index is 2030. The Hall–Kier alpha value is -6.28. The molecule has 0 heterocycles. The van der Waals surface area contributed by atoms with Gasteiger partial charge >= 0.3 is 0 Å². The number of ether oxygens (including phenoxy) is 1. The van der Waals surface area contributed by atoms with Crippen LogP contribution in [-0.4, -0.2) is 31.0 Å². The van der Waals surface area contributed by atoms with Crippen LogP contribution in [0.5, 0.6) is 0 Å². The molecule has 0 aromatic heterocycles. The van der Waals surface area contributed by atoms with Gasteiger partial charge in [0.2, 0.25) is 11.8 Å². The third kappa shape index (κ3) is 9.68. The molecule has 7 heteroatoms. The van der Waals surface area contributed by atoms with Crippen LogP contribution in [-0.2, 0) is 26.5 Å². The van der Waals surface area contributed by atoms with Crippen molar-refractivity contribution in [2.45, 2.75) is 43.4 Å². The predicted octanol–water partition coefficient (Wildman–Crippen LogP) is 8.20. The number of hydrogen-bond acceptors (Lipinski definition) is 5. The fourth-order valence-electron chi connectivity index (χ4n) is 7.49. The van der Waals surface area contributed by atoms with Crippen molar-refractivity contribution in [1.82, 2.24) is 10.6 Å². The summed E-state index contributed by atoms with van der Waals surface area (Å²) in [6, 6.07) is 57.3. The van der Waals surface area contributed by atoms with E-state index in [0.717, 1.165) is 28.7 Å². The topological polar surface area (TPSA) is 119 Å². The Balaban J connectivity index is 0.000000380. The molecule has 56 heavy (non-hydrogen) atoms. The zero-order chi connectivity index (χ0) is 39.2. The number of benzene rings is 6. The van der Waals surface area contributed by atoms with Crippen LogP contribution in [0, 0.1) is 0 Å². The molecule has 2 amide bonds. The molecule has 0 saturated carbocycles. The molecule has 6 N–H and O–H groups in total. The van der Waals surface area contributed by atoms with Crippen molar-refractivity contribution < 1.29 is 14.3 Å². The predicted molar refractivity (Wildman–Crippen MR) is 225 cm³/mol. The summed E-state index contributed by atoms with van der Waals surface area (Å²) in [6.07, 6.45) is 1.60. The zero-order valence-electron chi connectivity index (χ0n) is 31.6. The number of hydrogen-bond donors (Lipinski definition) is 4. The van der Waals surface area contributed by atoms with E-state index in [-0.39, 0.29) is 24.3 Å². The first-order valence-electron chi connectivity index (χ1n) is 19.1. The van der Waals surface area contributed by atoms with Crippen LogP contribution in [0.4, 0.5) is 0 Å². The average molecular weight is 743 g/mol. The highest BCUT2D eigenvalue weighted by Crippen LogP contribution is 2.46. The Labute approximate surface area is 330 Å². The number of primary amides is 1. The number of fused-ring (bicyclic) bond motifs is 3. The van der Waals surface area contributed by atoms with Crippen molar-refractivity contribution in [3.05, 3.63) is 216 Å². The molecular weight excluding hydrogens is 693 g/mol. The number of amides is 2. The lowest BCUT2D eigenvalue weighted by atomic mass is 9.80. The standard InChI is InChI=1S/C40H38N2O2.C9H12N2O/c1-29(41)38(42-39(43)26-25-37-35-23-13-11-21-33(35)34-22-12-14-24-36(34)37)27-28-44-40(30-15-5-2-6-16-30,31-17-7-3-8-18-31)32-19-9-4-10-20-32;10-9(12)7-11-6-8-4-2-1-3-5-8/h2-24,37-38H,1,25-28,41H2,(H,42,43);1-5,11H,6-7H2,(H2,10,12). The van der Waals surface area contributed by atoms with Crippen LogP contribution < -0.4 is 22.1 Å². The molecule has 6 aromatic rings. The van der Waals surface area contributed by atoms with Gasteiger partial charge in [0.25, 0.3) is 0 Å². The van der Waals surface area contributed by atoms with Crippen molar-refractivity contribution in [3.63, 3.8) is 0 Å². The first kappa shape index (κ1) is 39.4. The summed E-state index contributed by atoms with van der Waals surface area (Å²) >= 11 is 0. The van der Waals surface area contributed by atoms with E-state index in [4.69, 9.17) is 16.2 Å². The van der Waals surface area contributed by atoms with Gasteiger partial charge in [0, 0.05) is 24.6 Å². The first-order valence-corrected chi connectivity index (χ1v) is 19.1. The SMILES string of the molecule is C=C(N)C(CCOC(c1ccccc1)(c1ccccc1)c1ccccc1)NC(=O)CCC1c2ccccc2-c2ccccc21.NC(=O)CNCc1ccccc1. The molecule has 0 bridgehead atoms. The summed E-state index contributed by atoms with van der Waals surface area (Å²) < 4.78 is 6.92. The molecule has 7 nitrogen and oxygen atoms in total. The van der Waals surface area contributed by atoms with E-state index >= 15 is 0 Å². The molecule has 1 aliphatic rings. The minimum atomic E-state index is -0.836. The Kier molecular flexibility index (Phi) is 13.6. The van der Waals surface area contributed by atoms with Crippen LogP contribution in [0.15, 0.2) is 182 Å². The van der Waals surface area contributed by atoms with E-state index in [9.17, 15) is 9.59 Å². The summed E-state index contributed by atoms with van der Waals surface area (Å²) in [7, 11) is 0. The number of carbonyl (C=O) groups excluding carboxylic acids is 2. The van der Waals surface area contributed by atoms with Crippen LogP contribution in [0.3, 0.4) is 0 Å². The maximum absolute atomic E-state index is 13.3. The second-order valence-electron chi connectivity index (χ2n) is 13.9. The molecule has 0 saturated heterocycles. The van der Waals surface area contributed by atoms with Crippen LogP contribution in [0.2, 0.25) is 0 Å². The molecule has 284 valence electrons. The maximum Gasteiger partial charge on any atom is 0.231 e.